The summed E-state index contributed by atoms with van der Waals surface area (Å²) in [6.45, 7) is 1.47. The number of carbonyl (C=O) groups excluding carboxylic acids is 1. The molecule has 6 heteroatoms. The Morgan fingerprint density at radius 2 is 2.05 bits per heavy atom. The van der Waals surface area contributed by atoms with E-state index < -0.39 is 9.84 Å². The van der Waals surface area contributed by atoms with Crippen LogP contribution >= 0.6 is 0 Å². The van der Waals surface area contributed by atoms with Crippen LogP contribution in [0.1, 0.15) is 18.4 Å². The van der Waals surface area contributed by atoms with Crippen molar-refractivity contribution in [1.29, 1.82) is 0 Å². The summed E-state index contributed by atoms with van der Waals surface area (Å²) >= 11 is 0. The van der Waals surface area contributed by atoms with Gasteiger partial charge in [0, 0.05) is 12.8 Å². The van der Waals surface area contributed by atoms with Crippen molar-refractivity contribution < 1.29 is 13.2 Å². The average Bonchev–Trinajstić information content (AvgIpc) is 2.92. The van der Waals surface area contributed by atoms with Crippen molar-refractivity contribution in [2.45, 2.75) is 30.2 Å². The second kappa shape index (κ2) is 6.37. The Hall–Kier alpha value is -1.40. The van der Waals surface area contributed by atoms with Gasteiger partial charge in [0.2, 0.25) is 5.91 Å². The summed E-state index contributed by atoms with van der Waals surface area (Å²) < 4.78 is 22.7. The van der Waals surface area contributed by atoms with Gasteiger partial charge in [-0.2, -0.15) is 0 Å². The first-order valence-electron chi connectivity index (χ1n) is 6.77. The second-order valence-corrected chi connectivity index (χ2v) is 7.12. The molecule has 2 rings (SSSR count). The molecule has 0 saturated carbocycles. The lowest BCUT2D eigenvalue weighted by molar-refractivity contribution is -0.122. The largest absolute Gasteiger partial charge is 0.354 e. The van der Waals surface area contributed by atoms with Crippen molar-refractivity contribution in [3.63, 3.8) is 0 Å². The average molecular weight is 296 g/mol. The van der Waals surface area contributed by atoms with Gasteiger partial charge in [-0.3, -0.25) is 4.79 Å². The van der Waals surface area contributed by atoms with Gasteiger partial charge in [-0.25, -0.2) is 8.42 Å². The molecule has 20 heavy (non-hydrogen) atoms. The lowest BCUT2D eigenvalue weighted by Gasteiger charge is -2.11. The molecule has 0 bridgehead atoms. The fourth-order valence-electron chi connectivity index (χ4n) is 2.26. The van der Waals surface area contributed by atoms with Gasteiger partial charge in [-0.05, 0) is 43.5 Å². The van der Waals surface area contributed by atoms with E-state index in [0.29, 0.717) is 17.9 Å². The summed E-state index contributed by atoms with van der Waals surface area (Å²) in [7, 11) is -3.14. The number of rotatable bonds is 5. The van der Waals surface area contributed by atoms with Gasteiger partial charge in [-0.15, -0.1) is 0 Å². The third-order valence-electron chi connectivity index (χ3n) is 3.44. The molecule has 0 radical (unpaired) electrons. The van der Waals surface area contributed by atoms with E-state index in [-0.39, 0.29) is 11.9 Å². The van der Waals surface area contributed by atoms with Gasteiger partial charge in [0.05, 0.1) is 10.9 Å². The molecule has 0 aliphatic carbocycles. The summed E-state index contributed by atoms with van der Waals surface area (Å²) in [5.41, 5.74) is 1.01. The molecular formula is C14H20N2O3S. The minimum Gasteiger partial charge on any atom is -0.354 e. The smallest absolute Gasteiger partial charge is 0.237 e. The Labute approximate surface area is 119 Å². The molecule has 0 aromatic heterocycles. The van der Waals surface area contributed by atoms with E-state index in [9.17, 15) is 13.2 Å². The molecule has 110 valence electrons. The monoisotopic (exact) mass is 296 g/mol. The number of hydrogen-bond donors (Lipinski definition) is 2. The van der Waals surface area contributed by atoms with Crippen molar-refractivity contribution in [1.82, 2.24) is 10.6 Å². The quantitative estimate of drug-likeness (QED) is 0.830. The van der Waals surface area contributed by atoms with Gasteiger partial charge in [0.15, 0.2) is 9.84 Å². The van der Waals surface area contributed by atoms with Gasteiger partial charge in [0.1, 0.15) is 0 Å². The Morgan fingerprint density at radius 1 is 1.35 bits per heavy atom. The predicted molar refractivity (Wildman–Crippen MR) is 77.3 cm³/mol. The van der Waals surface area contributed by atoms with Crippen molar-refractivity contribution in [2.24, 2.45) is 0 Å². The predicted octanol–water partition coefficient (Wildman–Crippen LogP) is 0.501. The van der Waals surface area contributed by atoms with Crippen molar-refractivity contribution >= 4 is 15.7 Å². The highest BCUT2D eigenvalue weighted by Gasteiger charge is 2.21. The van der Waals surface area contributed by atoms with Crippen molar-refractivity contribution in [3.8, 4) is 0 Å². The molecule has 2 N–H and O–H groups in total. The third kappa shape index (κ3) is 4.05. The molecule has 0 spiro atoms. The maximum Gasteiger partial charge on any atom is 0.237 e. The highest BCUT2D eigenvalue weighted by molar-refractivity contribution is 7.90. The summed E-state index contributed by atoms with van der Waals surface area (Å²) in [4.78, 5) is 12.1. The van der Waals surface area contributed by atoms with E-state index >= 15 is 0 Å². The Kier molecular flexibility index (Phi) is 4.77. The standard InChI is InChI=1S/C14H20N2O3S/c1-20(18,19)12-6-4-11(5-7-12)8-10-16-14(17)13-3-2-9-15-13/h4-7,13,15H,2-3,8-10H2,1H3,(H,16,17)/t13-/m1/s1. The molecule has 0 unspecified atom stereocenters. The molecule has 5 nitrogen and oxygen atoms in total. The Morgan fingerprint density at radius 3 is 2.60 bits per heavy atom. The van der Waals surface area contributed by atoms with Crippen LogP contribution in [0.5, 0.6) is 0 Å². The summed E-state index contributed by atoms with van der Waals surface area (Å²) in [5.74, 6) is 0.0512. The topological polar surface area (TPSA) is 75.3 Å². The number of amides is 1. The minimum atomic E-state index is -3.14. The van der Waals surface area contributed by atoms with Crippen LogP contribution in [-0.2, 0) is 21.1 Å². The van der Waals surface area contributed by atoms with E-state index in [1.165, 1.54) is 6.26 Å². The van der Waals surface area contributed by atoms with Crippen LogP contribution in [0, 0.1) is 0 Å². The zero-order valence-corrected chi connectivity index (χ0v) is 12.4. The number of nitrogens with one attached hydrogen (secondary N) is 2. The third-order valence-corrected chi connectivity index (χ3v) is 4.57. The Balaban J connectivity index is 1.81. The fraction of sp³-hybridized carbons (Fsp3) is 0.500. The van der Waals surface area contributed by atoms with Crippen LogP contribution in [0.2, 0.25) is 0 Å². The summed E-state index contributed by atoms with van der Waals surface area (Å²) in [6, 6.07) is 6.73. The number of sulfone groups is 1. The van der Waals surface area contributed by atoms with E-state index in [1.807, 2.05) is 0 Å². The molecule has 1 aromatic carbocycles. The molecule has 1 atom stereocenters. The van der Waals surface area contributed by atoms with Crippen LogP contribution in [0.25, 0.3) is 0 Å². The van der Waals surface area contributed by atoms with Crippen molar-refractivity contribution in [2.75, 3.05) is 19.3 Å². The first-order valence-corrected chi connectivity index (χ1v) is 8.66. The summed E-state index contributed by atoms with van der Waals surface area (Å²) in [6.07, 6.45) is 3.83. The molecular weight excluding hydrogens is 276 g/mol. The van der Waals surface area contributed by atoms with Gasteiger partial charge < -0.3 is 10.6 Å². The first-order chi connectivity index (χ1) is 9.47. The SMILES string of the molecule is CS(=O)(=O)c1ccc(CCNC(=O)[C@H]2CCCN2)cc1. The molecule has 1 fully saturated rings. The normalized spacial score (nSPS) is 18.9. The van der Waals surface area contributed by atoms with Gasteiger partial charge >= 0.3 is 0 Å². The number of hydrogen-bond acceptors (Lipinski definition) is 4. The minimum absolute atomic E-state index is 0.0512. The van der Waals surface area contributed by atoms with Crippen LogP contribution in [-0.4, -0.2) is 39.7 Å². The zero-order valence-electron chi connectivity index (χ0n) is 11.6. The van der Waals surface area contributed by atoms with Crippen LogP contribution in [0.15, 0.2) is 29.2 Å². The summed E-state index contributed by atoms with van der Waals surface area (Å²) in [5, 5.41) is 6.05. The Bertz CT molecular complexity index is 561. The number of benzene rings is 1. The van der Waals surface area contributed by atoms with Crippen LogP contribution < -0.4 is 10.6 Å². The van der Waals surface area contributed by atoms with E-state index in [4.69, 9.17) is 0 Å². The highest BCUT2D eigenvalue weighted by atomic mass is 32.2. The van der Waals surface area contributed by atoms with E-state index in [0.717, 1.165) is 24.9 Å². The van der Waals surface area contributed by atoms with Crippen LogP contribution in [0.3, 0.4) is 0 Å². The zero-order chi connectivity index (χ0) is 14.6. The van der Waals surface area contributed by atoms with Gasteiger partial charge in [-0.1, -0.05) is 12.1 Å². The maximum absolute atomic E-state index is 11.8. The molecule has 1 saturated heterocycles. The fourth-order valence-corrected chi connectivity index (χ4v) is 2.90. The van der Waals surface area contributed by atoms with Gasteiger partial charge in [0.25, 0.3) is 0 Å². The number of carbonyl (C=O) groups is 1. The molecule has 1 amide bonds. The van der Waals surface area contributed by atoms with Crippen molar-refractivity contribution in [3.05, 3.63) is 29.8 Å². The molecule has 1 aromatic rings. The lowest BCUT2D eigenvalue weighted by atomic mass is 10.1. The second-order valence-electron chi connectivity index (χ2n) is 5.11. The first kappa shape index (κ1) is 15.0. The molecule has 1 aliphatic rings. The maximum atomic E-state index is 11.8. The van der Waals surface area contributed by atoms with E-state index in [1.54, 1.807) is 24.3 Å². The van der Waals surface area contributed by atoms with E-state index in [2.05, 4.69) is 10.6 Å². The molecule has 1 aliphatic heterocycles. The van der Waals surface area contributed by atoms with Crippen LogP contribution in [0.4, 0.5) is 0 Å². The molecule has 1 heterocycles. The highest BCUT2D eigenvalue weighted by Crippen LogP contribution is 2.10. The lowest BCUT2D eigenvalue weighted by Crippen LogP contribution is -2.41.